The van der Waals surface area contributed by atoms with Crippen LogP contribution in [0.1, 0.15) is 36.5 Å². The first-order valence-electron chi connectivity index (χ1n) is 13.2. The van der Waals surface area contributed by atoms with Crippen molar-refractivity contribution in [2.75, 3.05) is 18.6 Å². The van der Waals surface area contributed by atoms with Gasteiger partial charge in [-0.05, 0) is 85.4 Å². The van der Waals surface area contributed by atoms with E-state index in [0.29, 0.717) is 24.3 Å². The van der Waals surface area contributed by atoms with Gasteiger partial charge in [-0.1, -0.05) is 48.6 Å². The summed E-state index contributed by atoms with van der Waals surface area (Å²) in [5.41, 5.74) is 5.75. The van der Waals surface area contributed by atoms with E-state index in [4.69, 9.17) is 4.74 Å². The molecule has 0 radical (unpaired) electrons. The molecule has 4 rings (SSSR count). The van der Waals surface area contributed by atoms with Gasteiger partial charge in [0, 0.05) is 30.1 Å². The maximum absolute atomic E-state index is 14.5. The fraction of sp³-hybridized carbons (Fsp3) is 0.273. The molecule has 1 fully saturated rings. The Morgan fingerprint density at radius 2 is 1.90 bits per heavy atom. The summed E-state index contributed by atoms with van der Waals surface area (Å²) in [4.78, 5) is 18.3. The summed E-state index contributed by atoms with van der Waals surface area (Å²) < 4.78 is 19.7. The minimum absolute atomic E-state index is 0.0554. The monoisotopic (exact) mass is 526 g/mol. The lowest BCUT2D eigenvalue weighted by Crippen LogP contribution is -2.31. The van der Waals surface area contributed by atoms with Crippen molar-refractivity contribution in [3.8, 4) is 16.9 Å². The maximum atomic E-state index is 14.5. The van der Waals surface area contributed by atoms with Gasteiger partial charge in [0.15, 0.2) is 0 Å². The molecule has 0 unspecified atom stereocenters. The molecule has 0 spiro atoms. The number of rotatable bonds is 10. The molecular formula is C33H35FN2O3. The zero-order chi connectivity index (χ0) is 27.8. The number of carboxylic acids is 1. The molecule has 2 atom stereocenters. The molecule has 0 amide bonds. The van der Waals surface area contributed by atoms with Crippen LogP contribution in [0.15, 0.2) is 90.0 Å². The van der Waals surface area contributed by atoms with E-state index in [2.05, 4.69) is 34.2 Å². The second-order valence-corrected chi connectivity index (χ2v) is 9.83. The van der Waals surface area contributed by atoms with Crippen LogP contribution in [0.3, 0.4) is 0 Å². The zero-order valence-electron chi connectivity index (χ0n) is 22.7. The van der Waals surface area contributed by atoms with Crippen LogP contribution < -0.4 is 9.64 Å². The molecule has 0 aromatic heterocycles. The van der Waals surface area contributed by atoms with Crippen molar-refractivity contribution < 1.29 is 19.0 Å². The van der Waals surface area contributed by atoms with Crippen LogP contribution in [0.2, 0.25) is 0 Å². The second-order valence-electron chi connectivity index (χ2n) is 9.83. The predicted molar refractivity (Wildman–Crippen MR) is 157 cm³/mol. The molecule has 0 aliphatic carbocycles. The minimum Gasteiger partial charge on any atom is -0.497 e. The maximum Gasteiger partial charge on any atom is 0.305 e. The van der Waals surface area contributed by atoms with E-state index in [1.165, 1.54) is 11.6 Å². The molecule has 6 heteroatoms. The van der Waals surface area contributed by atoms with Gasteiger partial charge in [-0.3, -0.25) is 9.79 Å². The molecule has 3 aromatic rings. The molecule has 1 aliphatic heterocycles. The van der Waals surface area contributed by atoms with Gasteiger partial charge in [-0.15, -0.1) is 0 Å². The average molecular weight is 527 g/mol. The number of aliphatic imine (C=N–C) groups is 1. The third kappa shape index (κ3) is 7.23. The highest BCUT2D eigenvalue weighted by molar-refractivity contribution is 5.72. The van der Waals surface area contributed by atoms with Crippen LogP contribution in [0.4, 0.5) is 10.1 Å². The fourth-order valence-corrected chi connectivity index (χ4v) is 5.05. The molecule has 39 heavy (non-hydrogen) atoms. The number of anilines is 1. The summed E-state index contributed by atoms with van der Waals surface area (Å²) in [6.07, 6.45) is 11.1. The Hall–Kier alpha value is -4.19. The number of ether oxygens (including phenoxy) is 1. The van der Waals surface area contributed by atoms with Gasteiger partial charge in [0.25, 0.3) is 0 Å². The molecule has 1 N–H and O–H groups in total. The van der Waals surface area contributed by atoms with Crippen molar-refractivity contribution in [1.82, 2.24) is 0 Å². The number of carboxylic acid groups (broad SMARTS) is 1. The Morgan fingerprint density at radius 1 is 1.10 bits per heavy atom. The number of aliphatic carboxylic acids is 1. The third-order valence-electron chi connectivity index (χ3n) is 7.09. The topological polar surface area (TPSA) is 62.1 Å². The molecule has 0 bridgehead atoms. The molecule has 5 nitrogen and oxygen atoms in total. The van der Waals surface area contributed by atoms with E-state index < -0.39 is 5.97 Å². The van der Waals surface area contributed by atoms with Gasteiger partial charge in [-0.2, -0.15) is 0 Å². The molecule has 1 aliphatic rings. The number of methoxy groups -OCH3 is 1. The summed E-state index contributed by atoms with van der Waals surface area (Å²) in [6.45, 7) is 4.69. The van der Waals surface area contributed by atoms with Gasteiger partial charge in [0.05, 0.1) is 19.6 Å². The van der Waals surface area contributed by atoms with E-state index in [9.17, 15) is 14.3 Å². The van der Waals surface area contributed by atoms with E-state index in [-0.39, 0.29) is 24.3 Å². The lowest BCUT2D eigenvalue weighted by molar-refractivity contribution is -0.137. The fourth-order valence-electron chi connectivity index (χ4n) is 5.05. The van der Waals surface area contributed by atoms with Gasteiger partial charge in [0.2, 0.25) is 0 Å². The van der Waals surface area contributed by atoms with Gasteiger partial charge >= 0.3 is 5.97 Å². The Kier molecular flexibility index (Phi) is 9.31. The van der Waals surface area contributed by atoms with Crippen LogP contribution in [0.25, 0.3) is 11.1 Å². The summed E-state index contributed by atoms with van der Waals surface area (Å²) >= 11 is 0. The molecule has 3 aromatic carbocycles. The summed E-state index contributed by atoms with van der Waals surface area (Å²) in [5, 5.41) is 9.45. The Labute approximate surface area is 230 Å². The van der Waals surface area contributed by atoms with Crippen molar-refractivity contribution in [2.24, 2.45) is 4.99 Å². The third-order valence-corrected chi connectivity index (χ3v) is 7.09. The number of nitrogens with zero attached hydrogens (tertiary/aromatic N) is 2. The standard InChI is InChI=1S/C33H35FN2O3/c1-4-5-6-7-16-35-27-19-29(20-33(37)38)36(22-27)28-12-8-24(9-13-28)18-25-10-11-26(17-23(25)2)31-21-30(39-3)14-15-32(31)34/h4-17,21,27,29H,18-20,22H2,1-3H3,(H,37,38)/b5-4-,7-6-,35-16?/t27-,29+/m0/s1. The number of allylic oxidation sites excluding steroid dienone is 4. The highest BCUT2D eigenvalue weighted by Gasteiger charge is 2.33. The van der Waals surface area contributed by atoms with E-state index in [1.54, 1.807) is 25.5 Å². The van der Waals surface area contributed by atoms with E-state index in [1.807, 2.05) is 56.4 Å². The number of carbonyl (C=O) groups is 1. The molecule has 1 heterocycles. The highest BCUT2D eigenvalue weighted by atomic mass is 19.1. The second kappa shape index (κ2) is 13.1. The first-order valence-corrected chi connectivity index (χ1v) is 13.2. The largest absolute Gasteiger partial charge is 0.497 e. The van der Waals surface area contributed by atoms with E-state index in [0.717, 1.165) is 28.8 Å². The van der Waals surface area contributed by atoms with Crippen molar-refractivity contribution in [2.45, 2.75) is 45.2 Å². The van der Waals surface area contributed by atoms with Crippen LogP contribution in [-0.2, 0) is 11.2 Å². The van der Waals surface area contributed by atoms with Crippen LogP contribution in [0.5, 0.6) is 5.75 Å². The quantitative estimate of drug-likeness (QED) is 0.228. The Morgan fingerprint density at radius 3 is 2.59 bits per heavy atom. The molecule has 202 valence electrons. The number of benzene rings is 3. The lowest BCUT2D eigenvalue weighted by atomic mass is 9.95. The first-order chi connectivity index (χ1) is 18.9. The SMILES string of the molecule is C/C=C\C=C/C=N[C@H]1C[C@H](CC(=O)O)N(c2ccc(Cc3ccc(-c4cc(OC)ccc4F)cc3C)cc2)C1. The first kappa shape index (κ1) is 27.8. The van der Waals surface area contributed by atoms with Crippen LogP contribution in [-0.4, -0.2) is 43.0 Å². The Bertz CT molecular complexity index is 1380. The summed E-state index contributed by atoms with van der Waals surface area (Å²) in [5.74, 6) is -0.456. The highest BCUT2D eigenvalue weighted by Crippen LogP contribution is 2.31. The predicted octanol–water partition coefficient (Wildman–Crippen LogP) is 7.03. The molecule has 1 saturated heterocycles. The van der Waals surface area contributed by atoms with Crippen molar-refractivity contribution in [1.29, 1.82) is 0 Å². The van der Waals surface area contributed by atoms with Gasteiger partial charge < -0.3 is 14.7 Å². The van der Waals surface area contributed by atoms with Crippen LogP contribution >= 0.6 is 0 Å². The Balaban J connectivity index is 1.47. The van der Waals surface area contributed by atoms with Crippen molar-refractivity contribution in [3.63, 3.8) is 0 Å². The molecule has 0 saturated carbocycles. The zero-order valence-corrected chi connectivity index (χ0v) is 22.7. The number of halogens is 1. The summed E-state index contributed by atoms with van der Waals surface area (Å²) in [6, 6.07) is 19.1. The van der Waals surface area contributed by atoms with Gasteiger partial charge in [-0.25, -0.2) is 4.39 Å². The van der Waals surface area contributed by atoms with Crippen molar-refractivity contribution in [3.05, 3.63) is 107 Å². The minimum atomic E-state index is -0.799. The normalized spacial score (nSPS) is 17.6. The van der Waals surface area contributed by atoms with E-state index >= 15 is 0 Å². The number of aryl methyl sites for hydroxylation is 1. The summed E-state index contributed by atoms with van der Waals surface area (Å²) in [7, 11) is 1.57. The number of hydrogen-bond donors (Lipinski definition) is 1. The van der Waals surface area contributed by atoms with Gasteiger partial charge in [0.1, 0.15) is 11.6 Å². The number of hydrogen-bond acceptors (Lipinski definition) is 4. The van der Waals surface area contributed by atoms with Crippen molar-refractivity contribution >= 4 is 17.9 Å². The lowest BCUT2D eigenvalue weighted by Gasteiger charge is -2.25. The average Bonchev–Trinajstić information content (AvgIpc) is 3.32. The molecular weight excluding hydrogens is 491 g/mol. The smallest absolute Gasteiger partial charge is 0.305 e. The van der Waals surface area contributed by atoms with Crippen LogP contribution in [0, 0.1) is 12.7 Å².